The van der Waals surface area contributed by atoms with Crippen molar-refractivity contribution in [3.05, 3.63) is 33.6 Å². The van der Waals surface area contributed by atoms with E-state index >= 15 is 0 Å². The molecule has 4 heterocycles. The normalized spacial score (nSPS) is 18.7. The number of morpholine rings is 1. The summed E-state index contributed by atoms with van der Waals surface area (Å²) in [5, 5.41) is 2.84. The van der Waals surface area contributed by atoms with E-state index in [1.54, 1.807) is 11.3 Å². The van der Waals surface area contributed by atoms with E-state index in [-0.39, 0.29) is 11.8 Å². The quantitative estimate of drug-likeness (QED) is 0.645. The molecular weight excluding hydrogens is 420 g/mol. The van der Waals surface area contributed by atoms with Gasteiger partial charge in [0.2, 0.25) is 5.91 Å². The predicted octanol–water partition coefficient (Wildman–Crippen LogP) is 2.98. The van der Waals surface area contributed by atoms with Crippen LogP contribution in [0.4, 0.5) is 5.69 Å². The second kappa shape index (κ2) is 7.64. The first-order chi connectivity index (χ1) is 14.5. The van der Waals surface area contributed by atoms with Crippen molar-refractivity contribution in [1.82, 2.24) is 9.88 Å². The summed E-state index contributed by atoms with van der Waals surface area (Å²) in [6, 6.07) is 4.07. The van der Waals surface area contributed by atoms with Crippen molar-refractivity contribution in [2.24, 2.45) is 5.73 Å². The number of amides is 2. The van der Waals surface area contributed by atoms with Crippen LogP contribution in [0.15, 0.2) is 17.5 Å². The number of hydrogen-bond acceptors (Lipinski definition) is 7. The Labute approximate surface area is 181 Å². The third-order valence-electron chi connectivity index (χ3n) is 5.92. The average Bonchev–Trinajstić information content (AvgIpc) is 3.48. The van der Waals surface area contributed by atoms with Gasteiger partial charge in [0.05, 0.1) is 18.9 Å². The molecule has 0 aromatic carbocycles. The van der Waals surface area contributed by atoms with E-state index in [1.807, 2.05) is 16.3 Å². The molecule has 0 radical (unpaired) electrons. The first kappa shape index (κ1) is 19.5. The van der Waals surface area contributed by atoms with Gasteiger partial charge < -0.3 is 21.1 Å². The van der Waals surface area contributed by atoms with E-state index in [1.165, 1.54) is 11.3 Å². The standard InChI is InChI=1S/C21H22N4O3S2/c22-17-16-15(13-2-1-9-29-13)12-4-3-11(10-14(26)25-5-7-28-8-6-25)18(12)24-21(16)30-19(17)20(23)27/h1-2,9,11H,3-8,10,22H2,(H2,23,27). The van der Waals surface area contributed by atoms with Crippen LogP contribution in [-0.4, -0.2) is 48.0 Å². The van der Waals surface area contributed by atoms with Crippen LogP contribution in [-0.2, 0) is 16.0 Å². The van der Waals surface area contributed by atoms with Crippen LogP contribution in [0.5, 0.6) is 0 Å². The lowest BCUT2D eigenvalue weighted by Crippen LogP contribution is -2.41. The molecule has 2 aliphatic rings. The number of fused-ring (bicyclic) bond motifs is 2. The van der Waals surface area contributed by atoms with Crippen molar-refractivity contribution in [2.45, 2.75) is 25.2 Å². The Morgan fingerprint density at radius 2 is 2.10 bits per heavy atom. The molecule has 1 atom stereocenters. The fraction of sp³-hybridized carbons (Fsp3) is 0.381. The molecule has 0 spiro atoms. The summed E-state index contributed by atoms with van der Waals surface area (Å²) in [5.41, 5.74) is 15.5. The maximum Gasteiger partial charge on any atom is 0.260 e. The van der Waals surface area contributed by atoms with Gasteiger partial charge in [-0.1, -0.05) is 6.07 Å². The number of carbonyl (C=O) groups is 2. The molecule has 7 nitrogen and oxygen atoms in total. The van der Waals surface area contributed by atoms with Crippen molar-refractivity contribution >= 4 is 50.4 Å². The SMILES string of the molecule is NC(=O)c1sc2nc3c(c(-c4cccs4)c2c1N)CCC3CC(=O)N1CCOCC1. The molecule has 30 heavy (non-hydrogen) atoms. The number of rotatable bonds is 4. The Hall–Kier alpha value is -2.49. The van der Waals surface area contributed by atoms with Crippen molar-refractivity contribution in [3.8, 4) is 10.4 Å². The number of ether oxygens (including phenoxy) is 1. The molecule has 0 saturated carbocycles. The number of nitrogen functional groups attached to an aromatic ring is 1. The Morgan fingerprint density at radius 3 is 2.80 bits per heavy atom. The van der Waals surface area contributed by atoms with Gasteiger partial charge in [0.25, 0.3) is 5.91 Å². The van der Waals surface area contributed by atoms with E-state index in [2.05, 4.69) is 6.07 Å². The van der Waals surface area contributed by atoms with Crippen LogP contribution in [0.3, 0.4) is 0 Å². The molecule has 4 N–H and O–H groups in total. The van der Waals surface area contributed by atoms with Crippen LogP contribution in [0.2, 0.25) is 0 Å². The van der Waals surface area contributed by atoms with E-state index < -0.39 is 5.91 Å². The molecule has 1 saturated heterocycles. The number of hydrogen-bond donors (Lipinski definition) is 2. The van der Waals surface area contributed by atoms with Crippen LogP contribution >= 0.6 is 22.7 Å². The minimum atomic E-state index is -0.535. The minimum Gasteiger partial charge on any atom is -0.397 e. The topological polar surface area (TPSA) is 112 Å². The summed E-state index contributed by atoms with van der Waals surface area (Å²) < 4.78 is 5.36. The van der Waals surface area contributed by atoms with Gasteiger partial charge in [0.1, 0.15) is 9.71 Å². The Balaban J connectivity index is 1.60. The second-order valence-corrected chi connectivity index (χ2v) is 9.60. The van der Waals surface area contributed by atoms with Crippen LogP contribution in [0, 0.1) is 0 Å². The van der Waals surface area contributed by atoms with E-state index in [4.69, 9.17) is 21.2 Å². The lowest BCUT2D eigenvalue weighted by atomic mass is 9.98. The Morgan fingerprint density at radius 1 is 1.30 bits per heavy atom. The zero-order valence-corrected chi connectivity index (χ0v) is 18.0. The highest BCUT2D eigenvalue weighted by atomic mass is 32.1. The van der Waals surface area contributed by atoms with Gasteiger partial charge in [-0.05, 0) is 29.9 Å². The van der Waals surface area contributed by atoms with Gasteiger partial charge >= 0.3 is 0 Å². The Bertz CT molecular complexity index is 1130. The number of aromatic nitrogens is 1. The highest BCUT2D eigenvalue weighted by Crippen LogP contribution is 2.48. The smallest absolute Gasteiger partial charge is 0.260 e. The molecule has 3 aromatic rings. The van der Waals surface area contributed by atoms with Crippen molar-refractivity contribution < 1.29 is 14.3 Å². The molecule has 1 aliphatic carbocycles. The van der Waals surface area contributed by atoms with Crippen molar-refractivity contribution in [3.63, 3.8) is 0 Å². The lowest BCUT2D eigenvalue weighted by Gasteiger charge is -2.27. The number of nitrogens with two attached hydrogens (primary N) is 2. The summed E-state index contributed by atoms with van der Waals surface area (Å²) in [6.07, 6.45) is 2.17. The number of carbonyl (C=O) groups excluding carboxylic acids is 2. The van der Waals surface area contributed by atoms with Gasteiger partial charge in [-0.15, -0.1) is 22.7 Å². The molecule has 1 unspecified atom stereocenters. The lowest BCUT2D eigenvalue weighted by molar-refractivity contribution is -0.135. The van der Waals surface area contributed by atoms with Crippen LogP contribution in [0.25, 0.3) is 20.7 Å². The molecule has 0 bridgehead atoms. The number of anilines is 1. The summed E-state index contributed by atoms with van der Waals surface area (Å²) in [6.45, 7) is 2.49. The Kier molecular flexibility index (Phi) is 4.96. The zero-order valence-electron chi connectivity index (χ0n) is 16.3. The third kappa shape index (κ3) is 3.17. The number of primary amides is 1. The van der Waals surface area contributed by atoms with E-state index in [9.17, 15) is 9.59 Å². The fourth-order valence-corrected chi connectivity index (χ4v) is 6.25. The summed E-state index contributed by atoms with van der Waals surface area (Å²) in [4.78, 5) is 33.7. The number of pyridine rings is 1. The first-order valence-corrected chi connectivity index (χ1v) is 11.7. The molecule has 1 fully saturated rings. The van der Waals surface area contributed by atoms with Gasteiger partial charge in [-0.3, -0.25) is 9.59 Å². The van der Waals surface area contributed by atoms with Crippen molar-refractivity contribution in [2.75, 3.05) is 32.0 Å². The van der Waals surface area contributed by atoms with E-state index in [0.29, 0.717) is 48.1 Å². The summed E-state index contributed by atoms with van der Waals surface area (Å²) in [7, 11) is 0. The first-order valence-electron chi connectivity index (χ1n) is 9.98. The average molecular weight is 443 g/mol. The second-order valence-electron chi connectivity index (χ2n) is 7.65. The fourth-order valence-electron chi connectivity index (χ4n) is 4.48. The van der Waals surface area contributed by atoms with Gasteiger partial charge in [0, 0.05) is 46.9 Å². The predicted molar refractivity (Wildman–Crippen MR) is 119 cm³/mol. The maximum absolute atomic E-state index is 12.9. The molecule has 1 aliphatic heterocycles. The number of thiophene rings is 2. The maximum atomic E-state index is 12.9. The summed E-state index contributed by atoms with van der Waals surface area (Å²) in [5.74, 6) is -0.315. The van der Waals surface area contributed by atoms with Gasteiger partial charge in [-0.25, -0.2) is 4.98 Å². The highest BCUT2D eigenvalue weighted by molar-refractivity contribution is 7.21. The highest BCUT2D eigenvalue weighted by Gasteiger charge is 2.33. The van der Waals surface area contributed by atoms with Crippen molar-refractivity contribution in [1.29, 1.82) is 0 Å². The largest absolute Gasteiger partial charge is 0.397 e. The van der Waals surface area contributed by atoms with Gasteiger partial charge in [0.15, 0.2) is 0 Å². The summed E-state index contributed by atoms with van der Waals surface area (Å²) >= 11 is 2.88. The molecule has 9 heteroatoms. The van der Waals surface area contributed by atoms with Gasteiger partial charge in [-0.2, -0.15) is 0 Å². The van der Waals surface area contributed by atoms with Crippen LogP contribution in [0.1, 0.15) is 39.7 Å². The minimum absolute atomic E-state index is 0.0683. The molecule has 2 amide bonds. The van der Waals surface area contributed by atoms with Crippen LogP contribution < -0.4 is 11.5 Å². The van der Waals surface area contributed by atoms with E-state index in [0.717, 1.165) is 39.9 Å². The third-order valence-corrected chi connectivity index (χ3v) is 7.92. The molecular formula is C21H22N4O3S2. The zero-order chi connectivity index (χ0) is 20.8. The monoisotopic (exact) mass is 442 g/mol. The molecule has 156 valence electrons. The molecule has 3 aromatic heterocycles. The number of nitrogens with zero attached hydrogens (tertiary/aromatic N) is 2. The molecule has 5 rings (SSSR count).